The van der Waals surface area contributed by atoms with Crippen molar-refractivity contribution in [1.29, 1.82) is 0 Å². The SMILES string of the molecule is Cc1ccc(C)c2c1c(C(C)O)cn2CCN. The molecule has 1 heterocycles. The molecule has 1 aromatic carbocycles. The van der Waals surface area contributed by atoms with Gasteiger partial charge in [0, 0.05) is 30.2 Å². The maximum Gasteiger partial charge on any atom is 0.0782 e. The van der Waals surface area contributed by atoms with Gasteiger partial charge in [0.05, 0.1) is 11.6 Å². The molecule has 17 heavy (non-hydrogen) atoms. The second-order valence-corrected chi connectivity index (χ2v) is 4.67. The molecule has 1 unspecified atom stereocenters. The molecule has 0 bridgehead atoms. The van der Waals surface area contributed by atoms with E-state index in [0.29, 0.717) is 6.54 Å². The van der Waals surface area contributed by atoms with E-state index < -0.39 is 6.10 Å². The van der Waals surface area contributed by atoms with Crippen LogP contribution in [0.5, 0.6) is 0 Å². The van der Waals surface area contributed by atoms with Crippen molar-refractivity contribution in [1.82, 2.24) is 4.57 Å². The van der Waals surface area contributed by atoms with E-state index in [2.05, 4.69) is 30.5 Å². The molecule has 3 N–H and O–H groups in total. The number of aliphatic hydroxyl groups excluding tert-OH is 1. The molecular formula is C14H20N2O. The topological polar surface area (TPSA) is 51.2 Å². The van der Waals surface area contributed by atoms with E-state index in [4.69, 9.17) is 5.73 Å². The highest BCUT2D eigenvalue weighted by Crippen LogP contribution is 2.31. The standard InChI is InChI=1S/C14H20N2O/c1-9-4-5-10(2)14-13(9)12(11(3)17)8-16(14)7-6-15/h4-5,8,11,17H,6-7,15H2,1-3H3. The van der Waals surface area contributed by atoms with Crippen LogP contribution in [0.1, 0.15) is 29.7 Å². The Balaban J connectivity index is 2.80. The van der Waals surface area contributed by atoms with Crippen LogP contribution in [0.15, 0.2) is 18.3 Å². The molecule has 0 aliphatic rings. The van der Waals surface area contributed by atoms with Gasteiger partial charge >= 0.3 is 0 Å². The molecular weight excluding hydrogens is 212 g/mol. The zero-order valence-electron chi connectivity index (χ0n) is 10.7. The zero-order chi connectivity index (χ0) is 12.6. The van der Waals surface area contributed by atoms with Crippen molar-refractivity contribution < 1.29 is 5.11 Å². The van der Waals surface area contributed by atoms with Crippen LogP contribution in [0.2, 0.25) is 0 Å². The predicted molar refractivity (Wildman–Crippen MR) is 71.1 cm³/mol. The molecule has 0 aliphatic heterocycles. The Kier molecular flexibility index (Phi) is 3.22. The summed E-state index contributed by atoms with van der Waals surface area (Å²) in [6.45, 7) is 7.38. The van der Waals surface area contributed by atoms with Gasteiger partial charge in [0.15, 0.2) is 0 Å². The van der Waals surface area contributed by atoms with Gasteiger partial charge in [-0.15, -0.1) is 0 Å². The Labute approximate surface area is 102 Å². The summed E-state index contributed by atoms with van der Waals surface area (Å²) in [4.78, 5) is 0. The number of nitrogens with zero attached hydrogens (tertiary/aromatic N) is 1. The lowest BCUT2D eigenvalue weighted by molar-refractivity contribution is 0.200. The van der Waals surface area contributed by atoms with E-state index in [1.807, 2.05) is 13.1 Å². The van der Waals surface area contributed by atoms with Gasteiger partial charge in [-0.1, -0.05) is 12.1 Å². The summed E-state index contributed by atoms with van der Waals surface area (Å²) in [6, 6.07) is 4.23. The molecule has 0 spiro atoms. The van der Waals surface area contributed by atoms with Gasteiger partial charge in [0.1, 0.15) is 0 Å². The maximum absolute atomic E-state index is 9.87. The molecule has 3 nitrogen and oxygen atoms in total. The minimum absolute atomic E-state index is 0.447. The van der Waals surface area contributed by atoms with Gasteiger partial charge in [-0.25, -0.2) is 0 Å². The highest BCUT2D eigenvalue weighted by Gasteiger charge is 2.15. The van der Waals surface area contributed by atoms with Crippen molar-refractivity contribution in [3.63, 3.8) is 0 Å². The smallest absolute Gasteiger partial charge is 0.0782 e. The van der Waals surface area contributed by atoms with Gasteiger partial charge in [0.25, 0.3) is 0 Å². The Morgan fingerprint density at radius 2 is 1.94 bits per heavy atom. The van der Waals surface area contributed by atoms with Gasteiger partial charge in [-0.05, 0) is 31.9 Å². The lowest BCUT2D eigenvalue weighted by atomic mass is 10.0. The van der Waals surface area contributed by atoms with Crippen LogP contribution in [-0.4, -0.2) is 16.2 Å². The van der Waals surface area contributed by atoms with E-state index in [0.717, 1.165) is 12.1 Å². The Bertz CT molecular complexity index is 541. The van der Waals surface area contributed by atoms with Crippen LogP contribution in [0.3, 0.4) is 0 Å². The van der Waals surface area contributed by atoms with E-state index in [1.54, 1.807) is 0 Å². The first-order valence-corrected chi connectivity index (χ1v) is 6.03. The van der Waals surface area contributed by atoms with Gasteiger partial charge in [0.2, 0.25) is 0 Å². The number of hydrogen-bond acceptors (Lipinski definition) is 2. The highest BCUT2D eigenvalue weighted by molar-refractivity contribution is 5.90. The number of rotatable bonds is 3. The summed E-state index contributed by atoms with van der Waals surface area (Å²) in [5.41, 5.74) is 10.3. The fraction of sp³-hybridized carbons (Fsp3) is 0.429. The lowest BCUT2D eigenvalue weighted by Gasteiger charge is -2.07. The average Bonchev–Trinajstić information content (AvgIpc) is 2.65. The van der Waals surface area contributed by atoms with Crippen molar-refractivity contribution in [3.05, 3.63) is 35.0 Å². The van der Waals surface area contributed by atoms with Crippen molar-refractivity contribution in [2.24, 2.45) is 5.73 Å². The molecule has 2 rings (SSSR count). The first-order valence-electron chi connectivity index (χ1n) is 6.03. The van der Waals surface area contributed by atoms with Crippen molar-refractivity contribution >= 4 is 10.9 Å². The van der Waals surface area contributed by atoms with Crippen LogP contribution in [0, 0.1) is 13.8 Å². The summed E-state index contributed by atoms with van der Waals surface area (Å²) >= 11 is 0. The number of aromatic nitrogens is 1. The number of benzene rings is 1. The Morgan fingerprint density at radius 1 is 1.29 bits per heavy atom. The largest absolute Gasteiger partial charge is 0.389 e. The van der Waals surface area contributed by atoms with Crippen LogP contribution < -0.4 is 5.73 Å². The molecule has 0 fully saturated rings. The molecule has 0 saturated heterocycles. The summed E-state index contributed by atoms with van der Waals surface area (Å²) in [7, 11) is 0. The minimum Gasteiger partial charge on any atom is -0.389 e. The first kappa shape index (κ1) is 12.1. The monoisotopic (exact) mass is 232 g/mol. The third kappa shape index (κ3) is 1.96. The van der Waals surface area contributed by atoms with Gasteiger partial charge in [-0.3, -0.25) is 0 Å². The molecule has 0 aliphatic carbocycles. The Morgan fingerprint density at radius 3 is 2.53 bits per heavy atom. The number of fused-ring (bicyclic) bond motifs is 1. The average molecular weight is 232 g/mol. The summed E-state index contributed by atoms with van der Waals surface area (Å²) < 4.78 is 2.15. The maximum atomic E-state index is 9.87. The number of aryl methyl sites for hydroxylation is 2. The van der Waals surface area contributed by atoms with Crippen molar-refractivity contribution in [2.75, 3.05) is 6.54 Å². The number of nitrogens with two attached hydrogens (primary N) is 1. The van der Waals surface area contributed by atoms with Crippen LogP contribution in [-0.2, 0) is 6.54 Å². The minimum atomic E-state index is -0.447. The fourth-order valence-electron chi connectivity index (χ4n) is 2.46. The lowest BCUT2D eigenvalue weighted by Crippen LogP contribution is -2.09. The molecule has 2 aromatic rings. The zero-order valence-corrected chi connectivity index (χ0v) is 10.7. The van der Waals surface area contributed by atoms with E-state index in [1.165, 1.54) is 22.0 Å². The van der Waals surface area contributed by atoms with E-state index in [9.17, 15) is 5.11 Å². The molecule has 3 heteroatoms. The third-order valence-corrected chi connectivity index (χ3v) is 3.28. The predicted octanol–water partition coefficient (Wildman–Crippen LogP) is 2.27. The molecule has 1 aromatic heterocycles. The normalized spacial score (nSPS) is 13.2. The third-order valence-electron chi connectivity index (χ3n) is 3.28. The summed E-state index contributed by atoms with van der Waals surface area (Å²) in [5.74, 6) is 0. The van der Waals surface area contributed by atoms with Gasteiger partial charge in [-0.2, -0.15) is 0 Å². The van der Waals surface area contributed by atoms with Crippen molar-refractivity contribution in [2.45, 2.75) is 33.4 Å². The molecule has 0 amide bonds. The number of hydrogen-bond donors (Lipinski definition) is 2. The van der Waals surface area contributed by atoms with Crippen molar-refractivity contribution in [3.8, 4) is 0 Å². The van der Waals surface area contributed by atoms with E-state index >= 15 is 0 Å². The van der Waals surface area contributed by atoms with Crippen LogP contribution in [0.25, 0.3) is 10.9 Å². The molecule has 1 atom stereocenters. The molecule has 0 radical (unpaired) electrons. The number of aliphatic hydroxyl groups is 1. The first-order chi connectivity index (χ1) is 8.06. The Hall–Kier alpha value is -1.32. The second-order valence-electron chi connectivity index (χ2n) is 4.67. The highest BCUT2D eigenvalue weighted by atomic mass is 16.3. The van der Waals surface area contributed by atoms with Gasteiger partial charge < -0.3 is 15.4 Å². The molecule has 0 saturated carbocycles. The quantitative estimate of drug-likeness (QED) is 0.853. The fourth-order valence-corrected chi connectivity index (χ4v) is 2.46. The second kappa shape index (κ2) is 4.51. The molecule has 92 valence electrons. The summed E-state index contributed by atoms with van der Waals surface area (Å²) in [5, 5.41) is 11.0. The van der Waals surface area contributed by atoms with Crippen LogP contribution in [0.4, 0.5) is 0 Å². The van der Waals surface area contributed by atoms with E-state index in [-0.39, 0.29) is 0 Å². The summed E-state index contributed by atoms with van der Waals surface area (Å²) in [6.07, 6.45) is 1.58. The van der Waals surface area contributed by atoms with Crippen LogP contribution >= 0.6 is 0 Å².